The Hall–Kier alpha value is -2.64. The van der Waals surface area contributed by atoms with Crippen molar-refractivity contribution in [3.05, 3.63) is 57.4 Å². The molecule has 2 aromatic heterocycles. The van der Waals surface area contributed by atoms with Gasteiger partial charge in [-0.15, -0.1) is 11.3 Å². The number of aromatic nitrogens is 2. The highest BCUT2D eigenvalue weighted by Gasteiger charge is 2.16. The Balaban J connectivity index is 1.43. The van der Waals surface area contributed by atoms with E-state index in [-0.39, 0.29) is 5.91 Å². The number of thiophene rings is 1. The highest BCUT2D eigenvalue weighted by Crippen LogP contribution is 2.24. The number of benzene rings is 1. The summed E-state index contributed by atoms with van der Waals surface area (Å²) >= 11 is 7.14. The van der Waals surface area contributed by atoms with Crippen LogP contribution in [0.25, 0.3) is 0 Å². The van der Waals surface area contributed by atoms with Gasteiger partial charge >= 0.3 is 0 Å². The second kappa shape index (κ2) is 8.16. The Bertz CT molecular complexity index is 983. The molecule has 1 aliphatic heterocycles. The lowest BCUT2D eigenvalue weighted by Gasteiger charge is -2.17. The lowest BCUT2D eigenvalue weighted by atomic mass is 10.2. The summed E-state index contributed by atoms with van der Waals surface area (Å²) in [6.45, 7) is 3.99. The van der Waals surface area contributed by atoms with Crippen molar-refractivity contribution in [3.8, 4) is 0 Å². The van der Waals surface area contributed by atoms with Gasteiger partial charge in [-0.2, -0.15) is 4.98 Å². The fraction of sp³-hybridized carbons (Fsp3) is 0.250. The van der Waals surface area contributed by atoms with Crippen LogP contribution in [-0.2, 0) is 0 Å². The Morgan fingerprint density at radius 1 is 1.07 bits per heavy atom. The number of nitrogens with zero attached hydrogens (tertiary/aromatic N) is 3. The molecule has 6 nitrogen and oxygen atoms in total. The molecule has 0 aliphatic carbocycles. The van der Waals surface area contributed by atoms with Gasteiger partial charge in [0.2, 0.25) is 5.95 Å². The van der Waals surface area contributed by atoms with Crippen molar-refractivity contribution in [2.24, 2.45) is 0 Å². The smallest absolute Gasteiger partial charge is 0.265 e. The van der Waals surface area contributed by atoms with Crippen LogP contribution in [-0.4, -0.2) is 29.0 Å². The molecule has 1 aromatic carbocycles. The summed E-state index contributed by atoms with van der Waals surface area (Å²) < 4.78 is 0.596. The summed E-state index contributed by atoms with van der Waals surface area (Å²) in [6.07, 6.45) is 2.37. The standard InChI is InChI=1S/C20H20ClN5OS/c1-13-12-18(25-20(22-13)26-10-2-3-11-26)23-14-4-6-15(7-5-14)24-19(27)16-8-9-17(21)28-16/h4-9,12H,2-3,10-11H2,1H3,(H,24,27)(H,22,23,25). The van der Waals surface area contributed by atoms with Gasteiger partial charge in [0.25, 0.3) is 5.91 Å². The third kappa shape index (κ3) is 4.43. The van der Waals surface area contributed by atoms with E-state index in [0.717, 1.165) is 41.9 Å². The Kier molecular flexibility index (Phi) is 5.45. The third-order valence-corrected chi connectivity index (χ3v) is 5.67. The molecule has 4 rings (SSSR count). The Morgan fingerprint density at radius 2 is 1.79 bits per heavy atom. The van der Waals surface area contributed by atoms with Crippen LogP contribution in [0.2, 0.25) is 4.34 Å². The first-order valence-corrected chi connectivity index (χ1v) is 10.3. The molecule has 3 aromatic rings. The molecule has 0 atom stereocenters. The minimum Gasteiger partial charge on any atom is -0.341 e. The van der Waals surface area contributed by atoms with Gasteiger partial charge in [-0.3, -0.25) is 4.79 Å². The van der Waals surface area contributed by atoms with Crippen molar-refractivity contribution in [2.45, 2.75) is 19.8 Å². The number of amides is 1. The molecule has 28 heavy (non-hydrogen) atoms. The van der Waals surface area contributed by atoms with Crippen molar-refractivity contribution in [3.63, 3.8) is 0 Å². The van der Waals surface area contributed by atoms with Crippen LogP contribution in [0.1, 0.15) is 28.2 Å². The summed E-state index contributed by atoms with van der Waals surface area (Å²) in [5, 5.41) is 6.19. The Morgan fingerprint density at radius 3 is 2.46 bits per heavy atom. The molecule has 144 valence electrons. The number of anilines is 4. The summed E-state index contributed by atoms with van der Waals surface area (Å²) in [5.74, 6) is 1.37. The maximum atomic E-state index is 12.2. The molecule has 1 aliphatic rings. The first-order chi connectivity index (χ1) is 13.6. The van der Waals surface area contributed by atoms with Gasteiger partial charge in [0.1, 0.15) is 5.82 Å². The van der Waals surface area contributed by atoms with E-state index in [1.54, 1.807) is 12.1 Å². The van der Waals surface area contributed by atoms with Gasteiger partial charge in [0.15, 0.2) is 0 Å². The zero-order valence-corrected chi connectivity index (χ0v) is 17.0. The van der Waals surface area contributed by atoms with Crippen LogP contribution in [0.5, 0.6) is 0 Å². The van der Waals surface area contributed by atoms with Crippen molar-refractivity contribution >= 4 is 52.0 Å². The molecular weight excluding hydrogens is 394 g/mol. The molecule has 1 amide bonds. The van der Waals surface area contributed by atoms with Crippen molar-refractivity contribution < 1.29 is 4.79 Å². The van der Waals surface area contributed by atoms with E-state index in [0.29, 0.717) is 9.21 Å². The summed E-state index contributed by atoms with van der Waals surface area (Å²) in [5.41, 5.74) is 2.54. The Labute approximate surface area is 172 Å². The minimum absolute atomic E-state index is 0.167. The van der Waals surface area contributed by atoms with Gasteiger partial charge in [-0.1, -0.05) is 11.6 Å². The number of hydrogen-bond donors (Lipinski definition) is 2. The van der Waals surface area contributed by atoms with Crippen molar-refractivity contribution in [1.82, 2.24) is 9.97 Å². The lowest BCUT2D eigenvalue weighted by Crippen LogP contribution is -2.21. The number of halogens is 1. The van der Waals surface area contributed by atoms with E-state index in [1.807, 2.05) is 37.3 Å². The molecule has 1 fully saturated rings. The molecule has 0 unspecified atom stereocenters. The van der Waals surface area contributed by atoms with E-state index in [4.69, 9.17) is 11.6 Å². The lowest BCUT2D eigenvalue weighted by molar-refractivity contribution is 0.103. The van der Waals surface area contributed by atoms with Crippen LogP contribution in [0.4, 0.5) is 23.1 Å². The number of carbonyl (C=O) groups is 1. The summed E-state index contributed by atoms with van der Waals surface area (Å²) in [7, 11) is 0. The molecular formula is C20H20ClN5OS. The number of aryl methyl sites for hydroxylation is 1. The fourth-order valence-electron chi connectivity index (χ4n) is 3.09. The molecule has 8 heteroatoms. The summed E-state index contributed by atoms with van der Waals surface area (Å²) in [4.78, 5) is 24.2. The number of nitrogens with one attached hydrogen (secondary N) is 2. The van der Waals surface area contributed by atoms with E-state index in [1.165, 1.54) is 24.2 Å². The molecule has 1 saturated heterocycles. The van der Waals surface area contributed by atoms with Crippen LogP contribution < -0.4 is 15.5 Å². The summed E-state index contributed by atoms with van der Waals surface area (Å²) in [6, 6.07) is 12.9. The highest BCUT2D eigenvalue weighted by molar-refractivity contribution is 7.18. The molecule has 3 heterocycles. The van der Waals surface area contributed by atoms with Crippen LogP contribution in [0, 0.1) is 6.92 Å². The van der Waals surface area contributed by atoms with Gasteiger partial charge in [0, 0.05) is 36.2 Å². The molecule has 2 N–H and O–H groups in total. The van der Waals surface area contributed by atoms with E-state index in [2.05, 4.69) is 25.5 Å². The highest BCUT2D eigenvalue weighted by atomic mass is 35.5. The van der Waals surface area contributed by atoms with Crippen LogP contribution >= 0.6 is 22.9 Å². The quantitative estimate of drug-likeness (QED) is 0.609. The predicted octanol–water partition coefficient (Wildman–Crippen LogP) is 5.10. The van der Waals surface area contributed by atoms with Crippen LogP contribution in [0.3, 0.4) is 0 Å². The molecule has 0 radical (unpaired) electrons. The fourth-order valence-corrected chi connectivity index (χ4v) is 4.03. The topological polar surface area (TPSA) is 70.2 Å². The molecule has 0 saturated carbocycles. The van der Waals surface area contributed by atoms with Gasteiger partial charge < -0.3 is 15.5 Å². The van der Waals surface area contributed by atoms with Gasteiger partial charge in [-0.25, -0.2) is 4.98 Å². The molecule has 0 spiro atoms. The first kappa shape index (κ1) is 18.7. The zero-order valence-electron chi connectivity index (χ0n) is 15.4. The maximum Gasteiger partial charge on any atom is 0.265 e. The second-order valence-electron chi connectivity index (χ2n) is 6.65. The van der Waals surface area contributed by atoms with Gasteiger partial charge in [-0.05, 0) is 56.2 Å². The number of rotatable bonds is 5. The average Bonchev–Trinajstić information content (AvgIpc) is 3.35. The normalized spacial score (nSPS) is 13.6. The maximum absolute atomic E-state index is 12.2. The zero-order chi connectivity index (χ0) is 19.5. The van der Waals surface area contributed by atoms with E-state index < -0.39 is 0 Å². The third-order valence-electron chi connectivity index (χ3n) is 4.44. The second-order valence-corrected chi connectivity index (χ2v) is 8.36. The first-order valence-electron chi connectivity index (χ1n) is 9.11. The largest absolute Gasteiger partial charge is 0.341 e. The molecule has 0 bridgehead atoms. The van der Waals surface area contributed by atoms with E-state index in [9.17, 15) is 4.79 Å². The van der Waals surface area contributed by atoms with Crippen LogP contribution in [0.15, 0.2) is 42.5 Å². The average molecular weight is 414 g/mol. The predicted molar refractivity (Wildman–Crippen MR) is 115 cm³/mol. The number of carbonyl (C=O) groups excluding carboxylic acids is 1. The number of hydrogen-bond acceptors (Lipinski definition) is 6. The van der Waals surface area contributed by atoms with E-state index >= 15 is 0 Å². The van der Waals surface area contributed by atoms with Gasteiger partial charge in [0.05, 0.1) is 9.21 Å². The van der Waals surface area contributed by atoms with Crippen molar-refractivity contribution in [1.29, 1.82) is 0 Å². The monoisotopic (exact) mass is 413 g/mol. The minimum atomic E-state index is -0.167. The SMILES string of the molecule is Cc1cc(Nc2ccc(NC(=O)c3ccc(Cl)s3)cc2)nc(N2CCCC2)n1. The van der Waals surface area contributed by atoms with Crippen molar-refractivity contribution in [2.75, 3.05) is 28.6 Å².